The SMILES string of the molecule is CCCCCCCCCCC/C=C\C/C=C\CCCCCCCCCCCCCCC(O)C(=O)NC(CO)C(O)C(O)CCC/C=C/CC/C=C/CCCCCCCCCCCCC. The van der Waals surface area contributed by atoms with Crippen LogP contribution in [0.3, 0.4) is 0 Å². The second-order valence-corrected chi connectivity index (χ2v) is 19.3. The minimum Gasteiger partial charge on any atom is -0.394 e. The molecule has 376 valence electrons. The van der Waals surface area contributed by atoms with Gasteiger partial charge in [0.2, 0.25) is 5.91 Å². The Hall–Kier alpha value is -1.73. The van der Waals surface area contributed by atoms with Crippen LogP contribution in [0.1, 0.15) is 284 Å². The predicted molar refractivity (Wildman–Crippen MR) is 279 cm³/mol. The zero-order chi connectivity index (χ0) is 46.7. The molecule has 5 N–H and O–H groups in total. The van der Waals surface area contributed by atoms with Gasteiger partial charge in [-0.2, -0.15) is 0 Å². The molecule has 0 saturated carbocycles. The first kappa shape index (κ1) is 62.3. The quantitative estimate of drug-likeness (QED) is 0.0309. The summed E-state index contributed by atoms with van der Waals surface area (Å²) >= 11 is 0. The number of rotatable bonds is 51. The summed E-state index contributed by atoms with van der Waals surface area (Å²) in [5.41, 5.74) is 0. The van der Waals surface area contributed by atoms with Crippen LogP contribution in [0.2, 0.25) is 0 Å². The van der Waals surface area contributed by atoms with Crippen molar-refractivity contribution in [1.29, 1.82) is 0 Å². The largest absolute Gasteiger partial charge is 0.394 e. The van der Waals surface area contributed by atoms with E-state index in [9.17, 15) is 25.2 Å². The highest BCUT2D eigenvalue weighted by Crippen LogP contribution is 2.16. The van der Waals surface area contributed by atoms with Gasteiger partial charge < -0.3 is 25.7 Å². The van der Waals surface area contributed by atoms with Crippen molar-refractivity contribution in [2.75, 3.05) is 6.61 Å². The molecule has 0 aliphatic rings. The van der Waals surface area contributed by atoms with Crippen LogP contribution in [0.5, 0.6) is 0 Å². The van der Waals surface area contributed by atoms with Crippen molar-refractivity contribution in [2.45, 2.75) is 308 Å². The van der Waals surface area contributed by atoms with Gasteiger partial charge in [-0.1, -0.05) is 249 Å². The number of unbranched alkanes of at least 4 members (excludes halogenated alkanes) is 34. The van der Waals surface area contributed by atoms with E-state index in [1.54, 1.807) is 0 Å². The maximum atomic E-state index is 12.6. The van der Waals surface area contributed by atoms with E-state index >= 15 is 0 Å². The Morgan fingerprint density at radius 2 is 0.703 bits per heavy atom. The highest BCUT2D eigenvalue weighted by atomic mass is 16.3. The lowest BCUT2D eigenvalue weighted by atomic mass is 10.00. The molecule has 4 atom stereocenters. The van der Waals surface area contributed by atoms with Crippen molar-refractivity contribution in [1.82, 2.24) is 5.32 Å². The van der Waals surface area contributed by atoms with Crippen molar-refractivity contribution >= 4 is 5.91 Å². The number of aliphatic hydroxyl groups excluding tert-OH is 4. The van der Waals surface area contributed by atoms with Gasteiger partial charge in [0.15, 0.2) is 0 Å². The van der Waals surface area contributed by atoms with Gasteiger partial charge in [0.05, 0.1) is 18.8 Å². The molecule has 6 heteroatoms. The highest BCUT2D eigenvalue weighted by molar-refractivity contribution is 5.80. The average molecular weight is 901 g/mol. The summed E-state index contributed by atoms with van der Waals surface area (Å²) in [6, 6.07) is -1.01. The molecule has 4 unspecified atom stereocenters. The molecule has 0 fully saturated rings. The Labute approximate surface area is 398 Å². The number of nitrogens with one attached hydrogen (secondary N) is 1. The Bertz CT molecular complexity index is 1060. The molecular weight excluding hydrogens is 791 g/mol. The maximum absolute atomic E-state index is 12.6. The fraction of sp³-hybridized carbons (Fsp3) is 0.845. The molecule has 0 aliphatic carbocycles. The number of allylic oxidation sites excluding steroid dienone is 8. The topological polar surface area (TPSA) is 110 Å². The average Bonchev–Trinajstić information content (AvgIpc) is 3.30. The van der Waals surface area contributed by atoms with Gasteiger partial charge in [0.1, 0.15) is 12.2 Å². The first-order chi connectivity index (χ1) is 31.5. The van der Waals surface area contributed by atoms with Gasteiger partial charge in [0, 0.05) is 0 Å². The first-order valence-electron chi connectivity index (χ1n) is 28.0. The molecule has 0 aliphatic heterocycles. The standard InChI is InChI=1S/C58H109NO5/c1-3-5-7-9-11-13-15-17-19-21-23-25-26-27-28-29-30-31-32-34-36-38-40-42-44-46-48-50-52-56(62)58(64)59-54(53-60)57(63)55(61)51-49-47-45-43-41-39-37-35-33-24-22-20-18-16-14-12-10-8-6-4-2/h23,25,27-28,35,37,43,45,54-57,60-63H,3-22,24,26,29-34,36,38-42,44,46-53H2,1-2H3,(H,59,64)/b25-23-,28-27-,37-35+,45-43+. The molecule has 0 bridgehead atoms. The van der Waals surface area contributed by atoms with Crippen LogP contribution in [-0.4, -0.2) is 57.3 Å². The molecule has 0 aromatic heterocycles. The zero-order valence-corrected chi connectivity index (χ0v) is 42.5. The lowest BCUT2D eigenvalue weighted by Gasteiger charge is -2.27. The number of carbonyl (C=O) groups is 1. The number of amides is 1. The van der Waals surface area contributed by atoms with Gasteiger partial charge >= 0.3 is 0 Å². The van der Waals surface area contributed by atoms with Crippen molar-refractivity contribution in [2.24, 2.45) is 0 Å². The highest BCUT2D eigenvalue weighted by Gasteiger charge is 2.28. The van der Waals surface area contributed by atoms with Gasteiger partial charge in [-0.25, -0.2) is 0 Å². The van der Waals surface area contributed by atoms with Gasteiger partial charge in [-0.05, 0) is 83.5 Å². The zero-order valence-electron chi connectivity index (χ0n) is 42.5. The molecule has 0 radical (unpaired) electrons. The molecule has 0 aromatic rings. The van der Waals surface area contributed by atoms with Crippen LogP contribution >= 0.6 is 0 Å². The smallest absolute Gasteiger partial charge is 0.249 e. The molecule has 6 nitrogen and oxygen atoms in total. The Morgan fingerprint density at radius 3 is 1.08 bits per heavy atom. The number of hydrogen-bond donors (Lipinski definition) is 5. The molecule has 0 rings (SSSR count). The summed E-state index contributed by atoms with van der Waals surface area (Å²) in [4.78, 5) is 12.6. The van der Waals surface area contributed by atoms with Gasteiger partial charge in [0.25, 0.3) is 0 Å². The molecule has 0 aromatic carbocycles. The fourth-order valence-electron chi connectivity index (χ4n) is 8.57. The summed E-state index contributed by atoms with van der Waals surface area (Å²) < 4.78 is 0. The maximum Gasteiger partial charge on any atom is 0.249 e. The third kappa shape index (κ3) is 45.4. The van der Waals surface area contributed by atoms with E-state index in [2.05, 4.69) is 67.8 Å². The van der Waals surface area contributed by atoms with E-state index in [0.29, 0.717) is 19.3 Å². The van der Waals surface area contributed by atoms with Crippen LogP contribution in [0.15, 0.2) is 48.6 Å². The third-order valence-corrected chi connectivity index (χ3v) is 13.0. The fourth-order valence-corrected chi connectivity index (χ4v) is 8.57. The van der Waals surface area contributed by atoms with Crippen LogP contribution in [-0.2, 0) is 4.79 Å². The van der Waals surface area contributed by atoms with Crippen molar-refractivity contribution in [3.8, 4) is 0 Å². The third-order valence-electron chi connectivity index (χ3n) is 13.0. The van der Waals surface area contributed by atoms with Gasteiger partial charge in [-0.15, -0.1) is 0 Å². The Morgan fingerprint density at radius 1 is 0.391 bits per heavy atom. The summed E-state index contributed by atoms with van der Waals surface area (Å²) in [7, 11) is 0. The molecule has 0 spiro atoms. The van der Waals surface area contributed by atoms with Crippen LogP contribution < -0.4 is 5.32 Å². The van der Waals surface area contributed by atoms with E-state index in [-0.39, 0.29) is 0 Å². The van der Waals surface area contributed by atoms with E-state index in [1.807, 2.05) is 0 Å². The second-order valence-electron chi connectivity index (χ2n) is 19.3. The van der Waals surface area contributed by atoms with E-state index in [4.69, 9.17) is 0 Å². The molecule has 0 heterocycles. The minimum atomic E-state index is -1.29. The number of hydrogen-bond acceptors (Lipinski definition) is 5. The van der Waals surface area contributed by atoms with Crippen LogP contribution in [0, 0.1) is 0 Å². The Kier molecular flexibility index (Phi) is 50.8. The Balaban J connectivity index is 3.69. The number of aliphatic hydroxyl groups is 4. The van der Waals surface area contributed by atoms with E-state index in [1.165, 1.54) is 205 Å². The monoisotopic (exact) mass is 900 g/mol. The van der Waals surface area contributed by atoms with Crippen LogP contribution in [0.4, 0.5) is 0 Å². The summed E-state index contributed by atoms with van der Waals surface area (Å²) in [6.45, 7) is 4.06. The molecule has 0 saturated heterocycles. The summed E-state index contributed by atoms with van der Waals surface area (Å²) in [5, 5.41) is 43.9. The first-order valence-corrected chi connectivity index (χ1v) is 28.0. The number of carbonyl (C=O) groups excluding carboxylic acids is 1. The summed E-state index contributed by atoms with van der Waals surface area (Å²) in [5.74, 6) is -0.597. The van der Waals surface area contributed by atoms with Gasteiger partial charge in [-0.3, -0.25) is 4.79 Å². The van der Waals surface area contributed by atoms with Crippen molar-refractivity contribution in [3.05, 3.63) is 48.6 Å². The predicted octanol–water partition coefficient (Wildman–Crippen LogP) is 16.2. The normalized spacial score (nSPS) is 14.2. The van der Waals surface area contributed by atoms with Crippen molar-refractivity contribution < 1.29 is 25.2 Å². The van der Waals surface area contributed by atoms with Crippen LogP contribution in [0.25, 0.3) is 0 Å². The lowest BCUT2D eigenvalue weighted by molar-refractivity contribution is -0.132. The van der Waals surface area contributed by atoms with E-state index in [0.717, 1.165) is 44.9 Å². The molecule has 64 heavy (non-hydrogen) atoms. The molecular formula is C58H109NO5. The van der Waals surface area contributed by atoms with E-state index < -0.39 is 36.9 Å². The lowest BCUT2D eigenvalue weighted by Crippen LogP contribution is -2.53. The summed E-state index contributed by atoms with van der Waals surface area (Å²) in [6.07, 6.45) is 66.0. The minimum absolute atomic E-state index is 0.358. The molecule has 1 amide bonds. The second kappa shape index (κ2) is 52.2. The van der Waals surface area contributed by atoms with Crippen molar-refractivity contribution in [3.63, 3.8) is 0 Å².